The van der Waals surface area contributed by atoms with Crippen molar-refractivity contribution in [1.82, 2.24) is 5.32 Å². The number of nitrogens with one attached hydrogen (secondary N) is 1. The third-order valence-corrected chi connectivity index (χ3v) is 1.86. The summed E-state index contributed by atoms with van der Waals surface area (Å²) in [7, 11) is -2.40. The standard InChI is InChI=1S/C4H5N3O3S/c5-3-2(11(9)10)1-6-4(8)7-3/h1H2,(H3,5,6,7,8). The van der Waals surface area contributed by atoms with Gasteiger partial charge in [0.1, 0.15) is 10.7 Å². The Hall–Kier alpha value is -1.37. The molecule has 0 atom stereocenters. The van der Waals surface area contributed by atoms with Crippen molar-refractivity contribution in [2.45, 2.75) is 0 Å². The maximum Gasteiger partial charge on any atom is 0.343 e. The van der Waals surface area contributed by atoms with Gasteiger partial charge in [-0.2, -0.15) is 13.4 Å². The van der Waals surface area contributed by atoms with Crippen molar-refractivity contribution in [3.8, 4) is 0 Å². The van der Waals surface area contributed by atoms with Gasteiger partial charge in [-0.05, 0) is 0 Å². The molecule has 0 aliphatic carbocycles. The predicted molar refractivity (Wildman–Crippen MR) is 38.9 cm³/mol. The molecular weight excluding hydrogens is 170 g/mol. The zero-order valence-electron chi connectivity index (χ0n) is 5.36. The van der Waals surface area contributed by atoms with Gasteiger partial charge in [0, 0.05) is 0 Å². The van der Waals surface area contributed by atoms with Crippen molar-refractivity contribution in [2.24, 2.45) is 10.7 Å². The summed E-state index contributed by atoms with van der Waals surface area (Å²) < 4.78 is 20.6. The van der Waals surface area contributed by atoms with Crippen LogP contribution in [0.25, 0.3) is 0 Å². The van der Waals surface area contributed by atoms with Crippen LogP contribution in [0.3, 0.4) is 0 Å². The number of hydrogen-bond acceptors (Lipinski definition) is 4. The third kappa shape index (κ3) is 1.55. The van der Waals surface area contributed by atoms with Gasteiger partial charge in [0.15, 0.2) is 0 Å². The van der Waals surface area contributed by atoms with Crippen molar-refractivity contribution in [3.63, 3.8) is 0 Å². The van der Waals surface area contributed by atoms with E-state index in [0.717, 1.165) is 0 Å². The summed E-state index contributed by atoms with van der Waals surface area (Å²) in [6, 6.07) is -0.614. The van der Waals surface area contributed by atoms with Crippen molar-refractivity contribution < 1.29 is 13.2 Å². The van der Waals surface area contributed by atoms with Crippen molar-refractivity contribution in [1.29, 1.82) is 0 Å². The highest BCUT2D eigenvalue weighted by atomic mass is 32.2. The van der Waals surface area contributed by atoms with E-state index in [1.165, 1.54) is 0 Å². The molecule has 2 amide bonds. The number of urea groups is 1. The van der Waals surface area contributed by atoms with Gasteiger partial charge in [0.25, 0.3) is 0 Å². The van der Waals surface area contributed by atoms with E-state index in [1.807, 2.05) is 0 Å². The number of aliphatic imine (C=N–C) groups is 1. The molecule has 1 rings (SSSR count). The Labute approximate surface area is 63.6 Å². The second kappa shape index (κ2) is 2.70. The lowest BCUT2D eigenvalue weighted by molar-refractivity contribution is 0.250. The van der Waals surface area contributed by atoms with Crippen LogP contribution < -0.4 is 11.1 Å². The van der Waals surface area contributed by atoms with E-state index in [4.69, 9.17) is 5.73 Å². The fourth-order valence-electron chi connectivity index (χ4n) is 0.602. The Morgan fingerprint density at radius 2 is 2.18 bits per heavy atom. The zero-order chi connectivity index (χ0) is 8.43. The smallest absolute Gasteiger partial charge is 0.343 e. The van der Waals surface area contributed by atoms with Gasteiger partial charge < -0.3 is 11.1 Å². The van der Waals surface area contributed by atoms with E-state index < -0.39 is 16.3 Å². The highest BCUT2D eigenvalue weighted by Crippen LogP contribution is 1.85. The molecule has 7 heteroatoms. The lowest BCUT2D eigenvalue weighted by atomic mass is 10.3. The van der Waals surface area contributed by atoms with E-state index in [2.05, 4.69) is 10.3 Å². The number of nitrogens with two attached hydrogens (primary N) is 1. The second-order valence-corrected chi connectivity index (χ2v) is 2.78. The molecule has 0 radical (unpaired) electrons. The highest BCUT2D eigenvalue weighted by molar-refractivity contribution is 7.75. The van der Waals surface area contributed by atoms with E-state index in [-0.39, 0.29) is 17.2 Å². The van der Waals surface area contributed by atoms with Gasteiger partial charge in [0.2, 0.25) is 10.3 Å². The molecule has 0 saturated heterocycles. The second-order valence-electron chi connectivity index (χ2n) is 1.81. The van der Waals surface area contributed by atoms with Crippen LogP contribution in [0, 0.1) is 0 Å². The van der Waals surface area contributed by atoms with E-state index in [9.17, 15) is 13.2 Å². The van der Waals surface area contributed by atoms with Gasteiger partial charge >= 0.3 is 6.03 Å². The summed E-state index contributed by atoms with van der Waals surface area (Å²) in [6.07, 6.45) is 0. The molecule has 11 heavy (non-hydrogen) atoms. The van der Waals surface area contributed by atoms with Crippen LogP contribution in [0.5, 0.6) is 0 Å². The molecular formula is C4H5N3O3S. The normalized spacial score (nSPS) is 17.3. The molecule has 0 aromatic carbocycles. The summed E-state index contributed by atoms with van der Waals surface area (Å²) in [5.74, 6) is -0.234. The first kappa shape index (κ1) is 7.73. The third-order valence-electron chi connectivity index (χ3n) is 1.11. The molecule has 0 aromatic rings. The van der Waals surface area contributed by atoms with Crippen molar-refractivity contribution >= 4 is 27.0 Å². The summed E-state index contributed by atoms with van der Waals surface area (Å²) in [5.41, 5.74) is 5.13. The molecule has 0 unspecified atom stereocenters. The average Bonchev–Trinajstić information content (AvgIpc) is 1.85. The molecule has 1 aliphatic heterocycles. The van der Waals surface area contributed by atoms with Gasteiger partial charge in [0.05, 0.1) is 6.54 Å². The fraction of sp³-hybridized carbons (Fsp3) is 0.250. The largest absolute Gasteiger partial charge is 0.382 e. The van der Waals surface area contributed by atoms with Crippen LogP contribution in [-0.4, -0.2) is 31.7 Å². The molecule has 0 bridgehead atoms. The molecule has 0 fully saturated rings. The number of amides is 2. The van der Waals surface area contributed by atoms with Gasteiger partial charge in [-0.1, -0.05) is 0 Å². The molecule has 0 saturated carbocycles. The Balaban J connectivity index is 3.19. The summed E-state index contributed by atoms with van der Waals surface area (Å²) in [5, 5.41) is 2.21. The van der Waals surface area contributed by atoms with Crippen LogP contribution in [-0.2, 0) is 10.3 Å². The SMILES string of the molecule is NC1=NC(=O)NCC1=S(=O)=O. The number of hydrogen-bond donors (Lipinski definition) is 2. The van der Waals surface area contributed by atoms with Crippen LogP contribution in [0.2, 0.25) is 0 Å². The quantitative estimate of drug-likeness (QED) is 0.420. The molecule has 1 heterocycles. The fourth-order valence-corrected chi connectivity index (χ4v) is 1.01. The number of rotatable bonds is 0. The number of nitrogens with zero attached hydrogens (tertiary/aromatic N) is 1. The first-order valence-electron chi connectivity index (χ1n) is 2.68. The minimum atomic E-state index is -2.40. The average molecular weight is 175 g/mol. The van der Waals surface area contributed by atoms with E-state index >= 15 is 0 Å². The first-order valence-corrected chi connectivity index (χ1v) is 3.76. The maximum atomic E-state index is 10.4. The Kier molecular flexibility index (Phi) is 1.90. The van der Waals surface area contributed by atoms with Crippen LogP contribution in [0.15, 0.2) is 4.99 Å². The minimum Gasteiger partial charge on any atom is -0.382 e. The lowest BCUT2D eigenvalue weighted by Crippen LogP contribution is -2.42. The summed E-state index contributed by atoms with van der Waals surface area (Å²) >= 11 is 0. The van der Waals surface area contributed by atoms with Crippen molar-refractivity contribution in [3.05, 3.63) is 0 Å². The number of amidine groups is 1. The Bertz CT molecular complexity index is 345. The monoisotopic (exact) mass is 175 g/mol. The summed E-state index contributed by atoms with van der Waals surface area (Å²) in [6.45, 7) is -0.0791. The predicted octanol–water partition coefficient (Wildman–Crippen LogP) is -1.88. The van der Waals surface area contributed by atoms with Crippen LogP contribution in [0.1, 0.15) is 0 Å². The van der Waals surface area contributed by atoms with E-state index in [1.54, 1.807) is 0 Å². The lowest BCUT2D eigenvalue weighted by Gasteiger charge is -2.07. The van der Waals surface area contributed by atoms with Crippen LogP contribution in [0.4, 0.5) is 4.79 Å². The minimum absolute atomic E-state index is 0.0791. The summed E-state index contributed by atoms with van der Waals surface area (Å²) in [4.78, 5) is 13.6. The van der Waals surface area contributed by atoms with Gasteiger partial charge in [-0.25, -0.2) is 4.79 Å². The molecule has 1 aliphatic rings. The highest BCUT2D eigenvalue weighted by Gasteiger charge is 2.15. The molecule has 6 nitrogen and oxygen atoms in total. The Morgan fingerprint density at radius 1 is 1.55 bits per heavy atom. The van der Waals surface area contributed by atoms with Gasteiger partial charge in [-0.3, -0.25) is 0 Å². The molecule has 60 valence electrons. The van der Waals surface area contributed by atoms with Crippen LogP contribution >= 0.6 is 0 Å². The molecule has 0 aromatic heterocycles. The van der Waals surface area contributed by atoms with E-state index in [0.29, 0.717) is 0 Å². The number of carbonyl (C=O) groups is 1. The number of carbonyl (C=O) groups excluding carboxylic acids is 1. The first-order chi connectivity index (χ1) is 5.11. The van der Waals surface area contributed by atoms with Crippen molar-refractivity contribution in [2.75, 3.05) is 6.54 Å². The topological polar surface area (TPSA) is 102 Å². The Morgan fingerprint density at radius 3 is 2.64 bits per heavy atom. The molecule has 3 N–H and O–H groups in total. The maximum absolute atomic E-state index is 10.4. The van der Waals surface area contributed by atoms with Gasteiger partial charge in [-0.15, -0.1) is 0 Å². The molecule has 0 spiro atoms. The zero-order valence-corrected chi connectivity index (χ0v) is 6.18.